The van der Waals surface area contributed by atoms with E-state index in [0.717, 1.165) is 11.1 Å². The molecule has 0 spiro atoms. The number of sulfonamides is 1. The highest BCUT2D eigenvalue weighted by Crippen LogP contribution is 2.17. The number of nitrogens with two attached hydrogens (primary N) is 1. The number of pyridine rings is 1. The van der Waals surface area contributed by atoms with Gasteiger partial charge in [0.2, 0.25) is 0 Å². The molecule has 0 amide bonds. The Morgan fingerprint density at radius 2 is 1.85 bits per heavy atom. The molecule has 1 unspecified atom stereocenters. The number of anilines is 1. The second-order valence-electron chi connectivity index (χ2n) is 4.68. The Bertz CT molecular complexity index is 695. The molecule has 0 saturated carbocycles. The van der Waals surface area contributed by atoms with E-state index in [1.807, 2.05) is 13.8 Å². The first-order chi connectivity index (χ1) is 9.38. The summed E-state index contributed by atoms with van der Waals surface area (Å²) in [4.78, 5) is 4.17. The smallest absolute Gasteiger partial charge is 0.263 e. The molecule has 0 saturated heterocycles. The van der Waals surface area contributed by atoms with E-state index < -0.39 is 10.0 Å². The molecule has 20 heavy (non-hydrogen) atoms. The van der Waals surface area contributed by atoms with Crippen LogP contribution in [0.4, 0.5) is 5.82 Å². The van der Waals surface area contributed by atoms with E-state index in [1.54, 1.807) is 30.5 Å². The Labute approximate surface area is 118 Å². The monoisotopic (exact) mass is 291 g/mol. The molecule has 0 radical (unpaired) electrons. The SMILES string of the molecule is Cc1ccnc(NS(=O)(=O)c2ccc(C(C)N)cc2)c1. The van der Waals surface area contributed by atoms with Crippen LogP contribution in [0.1, 0.15) is 24.1 Å². The highest BCUT2D eigenvalue weighted by Gasteiger charge is 2.15. The summed E-state index contributed by atoms with van der Waals surface area (Å²) in [6, 6.07) is 9.85. The summed E-state index contributed by atoms with van der Waals surface area (Å²) in [5.74, 6) is 0.307. The molecule has 0 fully saturated rings. The minimum Gasteiger partial charge on any atom is -0.324 e. The average Bonchev–Trinajstić information content (AvgIpc) is 2.38. The molecule has 2 aromatic rings. The average molecular weight is 291 g/mol. The lowest BCUT2D eigenvalue weighted by atomic mass is 10.1. The van der Waals surface area contributed by atoms with Crippen molar-refractivity contribution in [1.29, 1.82) is 0 Å². The minimum atomic E-state index is -3.63. The number of hydrogen-bond donors (Lipinski definition) is 2. The lowest BCUT2D eigenvalue weighted by molar-refractivity contribution is 0.601. The van der Waals surface area contributed by atoms with Gasteiger partial charge < -0.3 is 5.73 Å². The Kier molecular flexibility index (Phi) is 4.06. The lowest BCUT2D eigenvalue weighted by Gasteiger charge is -2.09. The van der Waals surface area contributed by atoms with Gasteiger partial charge in [-0.25, -0.2) is 13.4 Å². The largest absolute Gasteiger partial charge is 0.324 e. The molecule has 6 heteroatoms. The molecule has 0 aliphatic carbocycles. The Hall–Kier alpha value is -1.92. The fraction of sp³-hybridized carbons (Fsp3) is 0.214. The standard InChI is InChI=1S/C14H17N3O2S/c1-10-7-8-16-14(9-10)17-20(18,19)13-5-3-12(4-6-13)11(2)15/h3-9,11H,15H2,1-2H3,(H,16,17). The van der Waals surface area contributed by atoms with E-state index in [1.165, 1.54) is 12.1 Å². The molecule has 1 heterocycles. The quantitative estimate of drug-likeness (QED) is 0.904. The molecule has 1 atom stereocenters. The van der Waals surface area contributed by atoms with Gasteiger partial charge in [0.25, 0.3) is 10.0 Å². The zero-order valence-electron chi connectivity index (χ0n) is 11.4. The molecule has 3 N–H and O–H groups in total. The van der Waals surface area contributed by atoms with Gasteiger partial charge in [-0.2, -0.15) is 0 Å². The van der Waals surface area contributed by atoms with Gasteiger partial charge in [-0.3, -0.25) is 4.72 Å². The maximum absolute atomic E-state index is 12.2. The van der Waals surface area contributed by atoms with E-state index >= 15 is 0 Å². The summed E-state index contributed by atoms with van der Waals surface area (Å²) >= 11 is 0. The van der Waals surface area contributed by atoms with E-state index in [4.69, 9.17) is 5.73 Å². The van der Waals surface area contributed by atoms with Crippen LogP contribution in [0.25, 0.3) is 0 Å². The van der Waals surface area contributed by atoms with E-state index in [-0.39, 0.29) is 10.9 Å². The molecule has 1 aromatic carbocycles. The van der Waals surface area contributed by atoms with Crippen LogP contribution < -0.4 is 10.5 Å². The number of rotatable bonds is 4. The molecular formula is C14H17N3O2S. The summed E-state index contributed by atoms with van der Waals surface area (Å²) in [6.45, 7) is 3.72. The van der Waals surface area contributed by atoms with Gasteiger partial charge in [0, 0.05) is 12.2 Å². The van der Waals surface area contributed by atoms with Crippen LogP contribution in [0.5, 0.6) is 0 Å². The van der Waals surface area contributed by atoms with Gasteiger partial charge in [0.05, 0.1) is 4.90 Å². The van der Waals surface area contributed by atoms with Crippen LogP contribution >= 0.6 is 0 Å². The summed E-state index contributed by atoms with van der Waals surface area (Å²) in [7, 11) is -3.63. The number of aromatic nitrogens is 1. The first-order valence-electron chi connectivity index (χ1n) is 6.19. The van der Waals surface area contributed by atoms with Crippen molar-refractivity contribution in [3.8, 4) is 0 Å². The van der Waals surface area contributed by atoms with Crippen LogP contribution in [0.2, 0.25) is 0 Å². The van der Waals surface area contributed by atoms with Gasteiger partial charge in [-0.05, 0) is 49.2 Å². The predicted octanol–water partition coefficient (Wildman–Crippen LogP) is 2.21. The zero-order valence-corrected chi connectivity index (χ0v) is 12.2. The summed E-state index contributed by atoms with van der Waals surface area (Å²) in [5, 5.41) is 0. The predicted molar refractivity (Wildman–Crippen MR) is 78.8 cm³/mol. The van der Waals surface area contributed by atoms with Crippen molar-refractivity contribution < 1.29 is 8.42 Å². The Balaban J connectivity index is 2.26. The summed E-state index contributed by atoms with van der Waals surface area (Å²) in [6.07, 6.45) is 1.56. The third kappa shape index (κ3) is 3.34. The first kappa shape index (κ1) is 14.5. The number of nitrogens with zero attached hydrogens (tertiary/aromatic N) is 1. The van der Waals surface area contributed by atoms with E-state index in [2.05, 4.69) is 9.71 Å². The molecule has 0 aliphatic heterocycles. The van der Waals surface area contributed by atoms with Crippen molar-refractivity contribution in [2.45, 2.75) is 24.8 Å². The second-order valence-corrected chi connectivity index (χ2v) is 6.36. The highest BCUT2D eigenvalue weighted by atomic mass is 32.2. The minimum absolute atomic E-state index is 0.127. The first-order valence-corrected chi connectivity index (χ1v) is 7.68. The van der Waals surface area contributed by atoms with Gasteiger partial charge in [0.15, 0.2) is 0 Å². The van der Waals surface area contributed by atoms with Crippen molar-refractivity contribution in [2.75, 3.05) is 4.72 Å². The van der Waals surface area contributed by atoms with Crippen LogP contribution in [-0.2, 0) is 10.0 Å². The second kappa shape index (κ2) is 5.60. The van der Waals surface area contributed by atoms with Crippen molar-refractivity contribution in [1.82, 2.24) is 4.98 Å². The van der Waals surface area contributed by atoms with Crippen LogP contribution in [0, 0.1) is 6.92 Å². The van der Waals surface area contributed by atoms with E-state index in [9.17, 15) is 8.42 Å². The molecule has 0 bridgehead atoms. The highest BCUT2D eigenvalue weighted by molar-refractivity contribution is 7.92. The third-order valence-corrected chi connectivity index (χ3v) is 4.24. The molecule has 0 aliphatic rings. The normalized spacial score (nSPS) is 12.9. The van der Waals surface area contributed by atoms with Crippen molar-refractivity contribution in [2.24, 2.45) is 5.73 Å². The van der Waals surface area contributed by atoms with Gasteiger partial charge >= 0.3 is 0 Å². The Morgan fingerprint density at radius 3 is 2.40 bits per heavy atom. The maximum atomic E-state index is 12.2. The van der Waals surface area contributed by atoms with Crippen LogP contribution in [0.15, 0.2) is 47.5 Å². The van der Waals surface area contributed by atoms with Crippen molar-refractivity contribution in [3.05, 3.63) is 53.7 Å². The number of aryl methyl sites for hydroxylation is 1. The molecule has 5 nitrogen and oxygen atoms in total. The lowest BCUT2D eigenvalue weighted by Crippen LogP contribution is -2.14. The fourth-order valence-electron chi connectivity index (χ4n) is 1.74. The number of benzene rings is 1. The molecule has 2 rings (SSSR count). The molecular weight excluding hydrogens is 274 g/mol. The third-order valence-electron chi connectivity index (χ3n) is 2.87. The summed E-state index contributed by atoms with van der Waals surface area (Å²) in [5.41, 5.74) is 7.56. The van der Waals surface area contributed by atoms with Crippen molar-refractivity contribution >= 4 is 15.8 Å². The molecule has 1 aromatic heterocycles. The topological polar surface area (TPSA) is 85.1 Å². The Morgan fingerprint density at radius 1 is 1.20 bits per heavy atom. The van der Waals surface area contributed by atoms with Crippen molar-refractivity contribution in [3.63, 3.8) is 0 Å². The number of nitrogens with one attached hydrogen (secondary N) is 1. The number of hydrogen-bond acceptors (Lipinski definition) is 4. The van der Waals surface area contributed by atoms with Gasteiger partial charge in [-0.1, -0.05) is 12.1 Å². The van der Waals surface area contributed by atoms with E-state index in [0.29, 0.717) is 5.82 Å². The fourth-order valence-corrected chi connectivity index (χ4v) is 2.74. The van der Waals surface area contributed by atoms with Gasteiger partial charge in [0.1, 0.15) is 5.82 Å². The maximum Gasteiger partial charge on any atom is 0.263 e. The van der Waals surface area contributed by atoms with Crippen LogP contribution in [-0.4, -0.2) is 13.4 Å². The zero-order chi connectivity index (χ0) is 14.8. The molecule has 106 valence electrons. The van der Waals surface area contributed by atoms with Gasteiger partial charge in [-0.15, -0.1) is 0 Å². The van der Waals surface area contributed by atoms with Crippen LogP contribution in [0.3, 0.4) is 0 Å². The summed E-state index contributed by atoms with van der Waals surface area (Å²) < 4.78 is 26.9.